The molecule has 2 aliphatic rings. The van der Waals surface area contributed by atoms with Crippen molar-refractivity contribution < 1.29 is 0 Å². The van der Waals surface area contributed by atoms with Crippen molar-refractivity contribution in [3.05, 3.63) is 0 Å². The molecule has 1 aliphatic heterocycles. The largest absolute Gasteiger partial charge is 0.314 e. The Morgan fingerprint density at radius 1 is 1.36 bits per heavy atom. The third kappa shape index (κ3) is 1.42. The van der Waals surface area contributed by atoms with Gasteiger partial charge < -0.3 is 5.32 Å². The molecule has 0 aromatic carbocycles. The average molecular weight is 154 g/mol. The molecule has 0 bridgehead atoms. The van der Waals surface area contributed by atoms with Gasteiger partial charge >= 0.3 is 0 Å². The van der Waals surface area contributed by atoms with Crippen molar-refractivity contribution in [2.75, 3.05) is 19.6 Å². The van der Waals surface area contributed by atoms with E-state index in [0.717, 1.165) is 12.1 Å². The van der Waals surface area contributed by atoms with Crippen molar-refractivity contribution in [3.63, 3.8) is 0 Å². The van der Waals surface area contributed by atoms with E-state index < -0.39 is 0 Å². The van der Waals surface area contributed by atoms with Crippen molar-refractivity contribution in [1.29, 1.82) is 0 Å². The maximum atomic E-state index is 3.43. The second-order valence-electron chi connectivity index (χ2n) is 3.88. The summed E-state index contributed by atoms with van der Waals surface area (Å²) in [7, 11) is 0. The van der Waals surface area contributed by atoms with E-state index in [1.54, 1.807) is 0 Å². The van der Waals surface area contributed by atoms with Crippen LogP contribution in [0.1, 0.15) is 26.2 Å². The van der Waals surface area contributed by atoms with Crippen LogP contribution >= 0.6 is 0 Å². The van der Waals surface area contributed by atoms with E-state index in [1.807, 2.05) is 0 Å². The molecule has 1 heterocycles. The number of hydrogen-bond acceptors (Lipinski definition) is 2. The highest BCUT2D eigenvalue weighted by molar-refractivity contribution is 4.86. The molecule has 0 spiro atoms. The van der Waals surface area contributed by atoms with Crippen LogP contribution in [0.5, 0.6) is 0 Å². The van der Waals surface area contributed by atoms with Crippen LogP contribution in [0.3, 0.4) is 0 Å². The number of nitrogens with one attached hydrogen (secondary N) is 1. The van der Waals surface area contributed by atoms with E-state index in [9.17, 15) is 0 Å². The molecular formula is C9H18N2. The van der Waals surface area contributed by atoms with Crippen LogP contribution in [-0.4, -0.2) is 36.6 Å². The molecule has 1 atom stereocenters. The zero-order valence-electron chi connectivity index (χ0n) is 7.34. The van der Waals surface area contributed by atoms with Crippen LogP contribution in [0, 0.1) is 0 Å². The fourth-order valence-electron chi connectivity index (χ4n) is 2.12. The molecule has 11 heavy (non-hydrogen) atoms. The van der Waals surface area contributed by atoms with Gasteiger partial charge in [-0.3, -0.25) is 4.90 Å². The van der Waals surface area contributed by atoms with Gasteiger partial charge in [0.1, 0.15) is 0 Å². The summed E-state index contributed by atoms with van der Waals surface area (Å²) < 4.78 is 0. The van der Waals surface area contributed by atoms with E-state index in [2.05, 4.69) is 17.1 Å². The van der Waals surface area contributed by atoms with Crippen LogP contribution in [0.25, 0.3) is 0 Å². The summed E-state index contributed by atoms with van der Waals surface area (Å²) in [5.74, 6) is 0. The highest BCUT2D eigenvalue weighted by atomic mass is 15.2. The minimum Gasteiger partial charge on any atom is -0.314 e. The summed E-state index contributed by atoms with van der Waals surface area (Å²) in [6, 6.07) is 1.71. The van der Waals surface area contributed by atoms with Gasteiger partial charge in [-0.25, -0.2) is 0 Å². The Labute approximate surface area is 69.0 Å². The van der Waals surface area contributed by atoms with Crippen molar-refractivity contribution in [1.82, 2.24) is 10.2 Å². The summed E-state index contributed by atoms with van der Waals surface area (Å²) in [5, 5.41) is 3.43. The molecule has 1 saturated heterocycles. The standard InChI is InChI=1S/C9H18N2/c1-8-7-10-5-6-11(8)9-3-2-4-9/h8-10H,2-7H2,1H3/t8-/m1/s1. The Bertz CT molecular complexity index is 130. The van der Waals surface area contributed by atoms with Gasteiger partial charge in [0, 0.05) is 31.7 Å². The number of nitrogens with zero attached hydrogens (tertiary/aromatic N) is 1. The molecule has 1 N–H and O–H groups in total. The lowest BCUT2D eigenvalue weighted by Gasteiger charge is -2.44. The van der Waals surface area contributed by atoms with Crippen LogP contribution in [0.2, 0.25) is 0 Å². The fourth-order valence-corrected chi connectivity index (χ4v) is 2.12. The van der Waals surface area contributed by atoms with E-state index in [4.69, 9.17) is 0 Å². The molecule has 2 nitrogen and oxygen atoms in total. The molecule has 0 radical (unpaired) electrons. The molecular weight excluding hydrogens is 136 g/mol. The molecule has 1 aliphatic carbocycles. The van der Waals surface area contributed by atoms with E-state index >= 15 is 0 Å². The average Bonchev–Trinajstić information content (AvgIpc) is 1.90. The van der Waals surface area contributed by atoms with E-state index in [-0.39, 0.29) is 0 Å². The van der Waals surface area contributed by atoms with E-state index in [1.165, 1.54) is 38.9 Å². The van der Waals surface area contributed by atoms with Crippen molar-refractivity contribution in [2.24, 2.45) is 0 Å². The number of piperazine rings is 1. The lowest BCUT2D eigenvalue weighted by molar-refractivity contribution is 0.0690. The van der Waals surface area contributed by atoms with Gasteiger partial charge in [-0.15, -0.1) is 0 Å². The third-order valence-corrected chi connectivity index (χ3v) is 3.10. The highest BCUT2D eigenvalue weighted by Gasteiger charge is 2.29. The van der Waals surface area contributed by atoms with Gasteiger partial charge in [-0.05, 0) is 19.8 Å². The summed E-state index contributed by atoms with van der Waals surface area (Å²) in [6.07, 6.45) is 4.36. The van der Waals surface area contributed by atoms with Crippen molar-refractivity contribution >= 4 is 0 Å². The maximum Gasteiger partial charge on any atom is 0.0195 e. The topological polar surface area (TPSA) is 15.3 Å². The van der Waals surface area contributed by atoms with Gasteiger partial charge in [-0.2, -0.15) is 0 Å². The molecule has 0 aromatic rings. The third-order valence-electron chi connectivity index (χ3n) is 3.10. The lowest BCUT2D eigenvalue weighted by Crippen LogP contribution is -2.55. The van der Waals surface area contributed by atoms with Gasteiger partial charge in [0.05, 0.1) is 0 Å². The Morgan fingerprint density at radius 3 is 2.73 bits per heavy atom. The Kier molecular flexibility index (Phi) is 2.14. The molecule has 1 saturated carbocycles. The molecule has 0 unspecified atom stereocenters. The predicted molar refractivity (Wildman–Crippen MR) is 46.7 cm³/mol. The zero-order valence-corrected chi connectivity index (χ0v) is 7.34. The van der Waals surface area contributed by atoms with Crippen LogP contribution in [0.4, 0.5) is 0 Å². The van der Waals surface area contributed by atoms with Crippen LogP contribution < -0.4 is 5.32 Å². The summed E-state index contributed by atoms with van der Waals surface area (Å²) >= 11 is 0. The molecule has 2 fully saturated rings. The first kappa shape index (κ1) is 7.56. The monoisotopic (exact) mass is 154 g/mol. The van der Waals surface area contributed by atoms with Gasteiger partial charge in [0.15, 0.2) is 0 Å². The number of hydrogen-bond donors (Lipinski definition) is 1. The first-order valence-electron chi connectivity index (χ1n) is 4.84. The van der Waals surface area contributed by atoms with Gasteiger partial charge in [0.25, 0.3) is 0 Å². The number of rotatable bonds is 1. The molecule has 0 amide bonds. The second-order valence-corrected chi connectivity index (χ2v) is 3.88. The molecule has 64 valence electrons. The van der Waals surface area contributed by atoms with Crippen molar-refractivity contribution in [3.8, 4) is 0 Å². The quantitative estimate of drug-likeness (QED) is 0.602. The SMILES string of the molecule is C[C@@H]1CNCCN1C1CCC1. The van der Waals surface area contributed by atoms with Gasteiger partial charge in [-0.1, -0.05) is 6.42 Å². The summed E-state index contributed by atoms with van der Waals surface area (Å²) in [4.78, 5) is 2.68. The first-order valence-corrected chi connectivity index (χ1v) is 4.84. The Morgan fingerprint density at radius 2 is 2.18 bits per heavy atom. The van der Waals surface area contributed by atoms with Crippen LogP contribution in [-0.2, 0) is 0 Å². The summed E-state index contributed by atoms with van der Waals surface area (Å²) in [5.41, 5.74) is 0. The minimum atomic E-state index is 0.772. The Hall–Kier alpha value is -0.0800. The van der Waals surface area contributed by atoms with Gasteiger partial charge in [0.2, 0.25) is 0 Å². The maximum absolute atomic E-state index is 3.43. The normalized spacial score (nSPS) is 35.2. The van der Waals surface area contributed by atoms with E-state index in [0.29, 0.717) is 0 Å². The van der Waals surface area contributed by atoms with Crippen LogP contribution in [0.15, 0.2) is 0 Å². The highest BCUT2D eigenvalue weighted by Crippen LogP contribution is 2.26. The smallest absolute Gasteiger partial charge is 0.0195 e. The first-order chi connectivity index (χ1) is 5.38. The van der Waals surface area contributed by atoms with Crippen molar-refractivity contribution in [2.45, 2.75) is 38.3 Å². The lowest BCUT2D eigenvalue weighted by atomic mass is 9.90. The Balaban J connectivity index is 1.88. The predicted octanol–water partition coefficient (Wildman–Crippen LogP) is 0.833. The molecule has 0 aromatic heterocycles. The fraction of sp³-hybridized carbons (Fsp3) is 1.00. The molecule has 2 heteroatoms. The second kappa shape index (κ2) is 3.11. The zero-order chi connectivity index (χ0) is 7.68. The summed E-state index contributed by atoms with van der Waals surface area (Å²) in [6.45, 7) is 5.99. The molecule has 2 rings (SSSR count). The minimum absolute atomic E-state index is 0.772.